The smallest absolute Gasteiger partial charge is 0.345 e. The first-order valence-corrected chi connectivity index (χ1v) is 10.0. The lowest BCUT2D eigenvalue weighted by Crippen LogP contribution is -2.28. The first-order chi connectivity index (χ1) is 16.0. The predicted octanol–water partition coefficient (Wildman–Crippen LogP) is 4.79. The Morgan fingerprint density at radius 2 is 1.79 bits per heavy atom. The zero-order valence-corrected chi connectivity index (χ0v) is 17.8. The Kier molecular flexibility index (Phi) is 5.72. The van der Waals surface area contributed by atoms with E-state index in [1.807, 2.05) is 0 Å². The van der Waals surface area contributed by atoms with Crippen molar-refractivity contribution in [1.29, 1.82) is 0 Å². The molecule has 0 aliphatic heterocycles. The van der Waals surface area contributed by atoms with E-state index in [1.165, 1.54) is 38.1 Å². The van der Waals surface area contributed by atoms with Crippen LogP contribution in [0.25, 0.3) is 16.9 Å². The Hall–Kier alpha value is -4.02. The number of alkyl halides is 3. The van der Waals surface area contributed by atoms with Crippen molar-refractivity contribution in [3.8, 4) is 11.4 Å². The third kappa shape index (κ3) is 4.28. The molecule has 0 radical (unpaired) electrons. The number of benzene rings is 2. The number of hydrogen-bond donors (Lipinski definition) is 2. The number of halogens is 5. The van der Waals surface area contributed by atoms with E-state index in [4.69, 9.17) is 0 Å². The summed E-state index contributed by atoms with van der Waals surface area (Å²) in [6, 6.07) is 8.31. The highest BCUT2D eigenvalue weighted by Gasteiger charge is 2.40. The van der Waals surface area contributed by atoms with Crippen molar-refractivity contribution in [2.24, 2.45) is 0 Å². The summed E-state index contributed by atoms with van der Waals surface area (Å²) in [7, 11) is 0. The van der Waals surface area contributed by atoms with Crippen molar-refractivity contribution in [3.63, 3.8) is 0 Å². The molecule has 4 rings (SSSR count). The van der Waals surface area contributed by atoms with Crippen LogP contribution in [0.2, 0.25) is 0 Å². The molecular weight excluding hydrogens is 459 g/mol. The minimum Gasteiger partial charge on any atom is -0.345 e. The van der Waals surface area contributed by atoms with E-state index >= 15 is 0 Å². The van der Waals surface area contributed by atoms with Crippen molar-refractivity contribution in [2.45, 2.75) is 26.1 Å². The lowest BCUT2D eigenvalue weighted by atomic mass is 10.1. The SMILES string of the molecule is Cc1ccc(-c2nn3cc(C(=O)NC(C)c4ccc(F)cc4)c(C(F)(F)F)c3c(=O)[nH]2)cc1F. The van der Waals surface area contributed by atoms with E-state index in [0.29, 0.717) is 15.6 Å². The monoisotopic (exact) mass is 476 g/mol. The first-order valence-electron chi connectivity index (χ1n) is 10.0. The van der Waals surface area contributed by atoms with Crippen molar-refractivity contribution < 1.29 is 26.7 Å². The van der Waals surface area contributed by atoms with Gasteiger partial charge < -0.3 is 10.3 Å². The average molecular weight is 476 g/mol. The van der Waals surface area contributed by atoms with Gasteiger partial charge in [-0.15, -0.1) is 5.10 Å². The Balaban J connectivity index is 1.80. The van der Waals surface area contributed by atoms with Gasteiger partial charge in [-0.3, -0.25) is 9.59 Å². The van der Waals surface area contributed by atoms with Gasteiger partial charge in [0.05, 0.1) is 11.6 Å². The fraction of sp³-hybridized carbons (Fsp3) is 0.174. The number of H-pyrrole nitrogens is 1. The molecule has 0 saturated carbocycles. The molecule has 2 aromatic heterocycles. The molecule has 1 atom stereocenters. The lowest BCUT2D eigenvalue weighted by Gasteiger charge is -2.15. The number of rotatable bonds is 4. The molecule has 2 N–H and O–H groups in total. The van der Waals surface area contributed by atoms with Crippen LogP contribution in [-0.4, -0.2) is 20.5 Å². The van der Waals surface area contributed by atoms with Crippen LogP contribution in [0.15, 0.2) is 53.5 Å². The Labute approximate surface area is 189 Å². The molecule has 0 saturated heterocycles. The first kappa shape index (κ1) is 23.1. The van der Waals surface area contributed by atoms with Crippen molar-refractivity contribution in [3.05, 3.63) is 92.9 Å². The van der Waals surface area contributed by atoms with Gasteiger partial charge in [0.2, 0.25) is 0 Å². The average Bonchev–Trinajstić information content (AvgIpc) is 3.17. The molecule has 2 aromatic carbocycles. The Bertz CT molecular complexity index is 1460. The van der Waals surface area contributed by atoms with Crippen LogP contribution in [0.1, 0.15) is 40.0 Å². The van der Waals surface area contributed by atoms with Crippen LogP contribution in [0.5, 0.6) is 0 Å². The van der Waals surface area contributed by atoms with Crippen LogP contribution in [0.4, 0.5) is 22.0 Å². The molecule has 1 amide bonds. The van der Waals surface area contributed by atoms with Gasteiger partial charge in [-0.25, -0.2) is 13.3 Å². The molecule has 176 valence electrons. The van der Waals surface area contributed by atoms with E-state index in [2.05, 4.69) is 15.4 Å². The van der Waals surface area contributed by atoms with Crippen molar-refractivity contribution in [1.82, 2.24) is 19.9 Å². The largest absolute Gasteiger partial charge is 0.419 e. The van der Waals surface area contributed by atoms with Gasteiger partial charge in [0.1, 0.15) is 22.7 Å². The maximum Gasteiger partial charge on any atom is 0.419 e. The lowest BCUT2D eigenvalue weighted by molar-refractivity contribution is -0.136. The van der Waals surface area contributed by atoms with Gasteiger partial charge in [0, 0.05) is 11.8 Å². The number of fused-ring (bicyclic) bond motifs is 1. The van der Waals surface area contributed by atoms with Gasteiger partial charge in [0.15, 0.2) is 5.82 Å². The number of nitrogens with zero attached hydrogens (tertiary/aromatic N) is 2. The second kappa shape index (κ2) is 8.40. The summed E-state index contributed by atoms with van der Waals surface area (Å²) in [5, 5.41) is 6.39. The summed E-state index contributed by atoms with van der Waals surface area (Å²) in [6.07, 6.45) is -4.25. The third-order valence-electron chi connectivity index (χ3n) is 5.33. The van der Waals surface area contributed by atoms with Crippen LogP contribution < -0.4 is 10.9 Å². The zero-order chi connectivity index (χ0) is 24.8. The molecule has 4 aromatic rings. The molecule has 0 aliphatic rings. The summed E-state index contributed by atoms with van der Waals surface area (Å²) in [5.74, 6) is -2.36. The van der Waals surface area contributed by atoms with Crippen molar-refractivity contribution in [2.75, 3.05) is 0 Å². The van der Waals surface area contributed by atoms with Crippen LogP contribution in [0.3, 0.4) is 0 Å². The zero-order valence-electron chi connectivity index (χ0n) is 17.8. The fourth-order valence-electron chi connectivity index (χ4n) is 3.53. The molecule has 11 heteroatoms. The molecule has 0 fully saturated rings. The molecule has 0 spiro atoms. The summed E-state index contributed by atoms with van der Waals surface area (Å²) >= 11 is 0. The van der Waals surface area contributed by atoms with Crippen LogP contribution >= 0.6 is 0 Å². The molecule has 2 heterocycles. The highest BCUT2D eigenvalue weighted by atomic mass is 19.4. The molecule has 1 unspecified atom stereocenters. The highest BCUT2D eigenvalue weighted by molar-refractivity contribution is 5.98. The van der Waals surface area contributed by atoms with Gasteiger partial charge in [-0.1, -0.05) is 24.3 Å². The topological polar surface area (TPSA) is 79.3 Å². The maximum atomic E-state index is 13.9. The number of aromatic amines is 1. The van der Waals surface area contributed by atoms with E-state index < -0.39 is 52.0 Å². The minimum absolute atomic E-state index is 0.139. The van der Waals surface area contributed by atoms with Crippen LogP contribution in [-0.2, 0) is 6.18 Å². The standard InChI is InChI=1S/C23H17F5N4O2/c1-11-3-4-14(9-17(11)25)20-30-22(34)19-18(23(26,27)28)16(10-32(19)31-20)21(33)29-12(2)13-5-7-15(24)8-6-13/h3-10,12H,1-2H3,(H,29,33)(H,30,31,34). The van der Waals surface area contributed by atoms with E-state index in [9.17, 15) is 31.5 Å². The summed E-state index contributed by atoms with van der Waals surface area (Å²) in [4.78, 5) is 27.6. The van der Waals surface area contributed by atoms with Gasteiger partial charge in [-0.05, 0) is 43.2 Å². The molecule has 34 heavy (non-hydrogen) atoms. The van der Waals surface area contributed by atoms with Gasteiger partial charge in [0.25, 0.3) is 11.5 Å². The van der Waals surface area contributed by atoms with E-state index in [1.54, 1.807) is 0 Å². The van der Waals surface area contributed by atoms with E-state index in [-0.39, 0.29) is 11.4 Å². The quantitative estimate of drug-likeness (QED) is 0.416. The Morgan fingerprint density at radius 3 is 2.41 bits per heavy atom. The van der Waals surface area contributed by atoms with Crippen LogP contribution in [0, 0.1) is 18.6 Å². The molecule has 6 nitrogen and oxygen atoms in total. The van der Waals surface area contributed by atoms with Crippen molar-refractivity contribution >= 4 is 11.4 Å². The Morgan fingerprint density at radius 1 is 1.12 bits per heavy atom. The number of hydrogen-bond acceptors (Lipinski definition) is 3. The predicted molar refractivity (Wildman–Crippen MR) is 113 cm³/mol. The minimum atomic E-state index is -5.05. The van der Waals surface area contributed by atoms with E-state index in [0.717, 1.165) is 24.4 Å². The third-order valence-corrected chi connectivity index (χ3v) is 5.33. The second-order valence-corrected chi connectivity index (χ2v) is 7.72. The molecular formula is C23H17F5N4O2. The number of carbonyl (C=O) groups excluding carboxylic acids is 1. The molecule has 0 aliphatic carbocycles. The number of aryl methyl sites for hydroxylation is 1. The number of carbonyl (C=O) groups is 1. The summed E-state index contributed by atoms with van der Waals surface area (Å²) in [5.41, 5.74) is -3.35. The highest BCUT2D eigenvalue weighted by Crippen LogP contribution is 2.35. The van der Waals surface area contributed by atoms with Gasteiger partial charge in [-0.2, -0.15) is 13.2 Å². The second-order valence-electron chi connectivity index (χ2n) is 7.72. The number of aromatic nitrogens is 3. The summed E-state index contributed by atoms with van der Waals surface area (Å²) < 4.78 is 69.5. The normalized spacial score (nSPS) is 12.7. The fourth-order valence-corrected chi connectivity index (χ4v) is 3.53. The number of nitrogens with one attached hydrogen (secondary N) is 2. The summed E-state index contributed by atoms with van der Waals surface area (Å²) in [6.45, 7) is 3.04. The number of amides is 1. The molecule has 0 bridgehead atoms. The van der Waals surface area contributed by atoms with Gasteiger partial charge >= 0.3 is 6.18 Å². The maximum absolute atomic E-state index is 13.9.